The molecule has 2 heterocycles. The Labute approximate surface area is 104 Å². The molecule has 2 aromatic heterocycles. The first-order valence-electron chi connectivity index (χ1n) is 5.07. The lowest BCUT2D eigenvalue weighted by atomic mass is 10.1. The molecule has 0 aliphatic carbocycles. The Bertz CT molecular complexity index is 528. The van der Waals surface area contributed by atoms with E-state index < -0.39 is 0 Å². The number of hydrogen-bond acceptors (Lipinski definition) is 4. The average molecular weight is 256 g/mol. The first kappa shape index (κ1) is 11.6. The Morgan fingerprint density at radius 3 is 2.62 bits per heavy atom. The first-order chi connectivity index (χ1) is 7.35. The molecule has 2 rings (SSSR count). The SMILES string of the molecule is Cc1cc2c(NC(C)(C)C)nc(Cl)nc2s1. The quantitative estimate of drug-likeness (QED) is 0.787. The lowest BCUT2D eigenvalue weighted by Gasteiger charge is -2.21. The zero-order valence-corrected chi connectivity index (χ0v) is 11.3. The van der Waals surface area contributed by atoms with Crippen molar-refractivity contribution in [3.8, 4) is 0 Å². The van der Waals surface area contributed by atoms with Gasteiger partial charge >= 0.3 is 0 Å². The molecule has 0 bridgehead atoms. The fourth-order valence-electron chi connectivity index (χ4n) is 1.47. The van der Waals surface area contributed by atoms with E-state index in [4.69, 9.17) is 11.6 Å². The van der Waals surface area contributed by atoms with Crippen LogP contribution >= 0.6 is 22.9 Å². The van der Waals surface area contributed by atoms with Crippen molar-refractivity contribution in [2.75, 3.05) is 5.32 Å². The summed E-state index contributed by atoms with van der Waals surface area (Å²) in [6, 6.07) is 2.09. The third-order valence-electron chi connectivity index (χ3n) is 1.98. The van der Waals surface area contributed by atoms with E-state index in [1.807, 2.05) is 0 Å². The van der Waals surface area contributed by atoms with Gasteiger partial charge in [-0.2, -0.15) is 0 Å². The molecule has 0 fully saturated rings. The Balaban J connectivity index is 2.58. The molecule has 0 unspecified atom stereocenters. The van der Waals surface area contributed by atoms with Gasteiger partial charge in [0.1, 0.15) is 10.6 Å². The van der Waals surface area contributed by atoms with Gasteiger partial charge in [0.05, 0.1) is 5.39 Å². The van der Waals surface area contributed by atoms with Crippen LogP contribution in [0.4, 0.5) is 5.82 Å². The Morgan fingerprint density at radius 2 is 2.00 bits per heavy atom. The minimum Gasteiger partial charge on any atom is -0.365 e. The maximum Gasteiger partial charge on any atom is 0.225 e. The van der Waals surface area contributed by atoms with Gasteiger partial charge < -0.3 is 5.32 Å². The minimum atomic E-state index is -0.0412. The average Bonchev–Trinajstić information content (AvgIpc) is 2.42. The molecule has 0 aliphatic heterocycles. The highest BCUT2D eigenvalue weighted by molar-refractivity contribution is 7.18. The largest absolute Gasteiger partial charge is 0.365 e. The predicted octanol–water partition coefficient (Wildman–Crippen LogP) is 3.86. The standard InChI is InChI=1S/C11H14ClN3S/c1-6-5-7-8(15-11(2,3)4)13-10(12)14-9(7)16-6/h5H,1-4H3,(H,13,14,15). The Kier molecular flexibility index (Phi) is 2.80. The fraction of sp³-hybridized carbons (Fsp3) is 0.455. The molecule has 3 nitrogen and oxygen atoms in total. The van der Waals surface area contributed by atoms with Gasteiger partial charge in [-0.15, -0.1) is 11.3 Å². The minimum absolute atomic E-state index is 0.0412. The van der Waals surface area contributed by atoms with Gasteiger partial charge in [-0.3, -0.25) is 0 Å². The van der Waals surface area contributed by atoms with Crippen molar-refractivity contribution in [3.63, 3.8) is 0 Å². The second-order valence-electron chi connectivity index (χ2n) is 4.79. The molecule has 86 valence electrons. The lowest BCUT2D eigenvalue weighted by Crippen LogP contribution is -2.26. The summed E-state index contributed by atoms with van der Waals surface area (Å²) in [4.78, 5) is 10.6. The molecule has 2 aromatic rings. The monoisotopic (exact) mass is 255 g/mol. The highest BCUT2D eigenvalue weighted by Crippen LogP contribution is 2.30. The van der Waals surface area contributed by atoms with Gasteiger partial charge in [-0.05, 0) is 45.4 Å². The van der Waals surface area contributed by atoms with E-state index in [-0.39, 0.29) is 5.54 Å². The van der Waals surface area contributed by atoms with E-state index in [2.05, 4.69) is 49.0 Å². The molecule has 1 N–H and O–H groups in total. The zero-order valence-electron chi connectivity index (χ0n) is 9.76. The van der Waals surface area contributed by atoms with Crippen LogP contribution in [0.5, 0.6) is 0 Å². The number of halogens is 1. The van der Waals surface area contributed by atoms with E-state index in [9.17, 15) is 0 Å². The van der Waals surface area contributed by atoms with Crippen LogP contribution < -0.4 is 5.32 Å². The Hall–Kier alpha value is -0.870. The smallest absolute Gasteiger partial charge is 0.225 e. The highest BCUT2D eigenvalue weighted by Gasteiger charge is 2.15. The van der Waals surface area contributed by atoms with Gasteiger partial charge in [0.25, 0.3) is 0 Å². The van der Waals surface area contributed by atoms with E-state index in [1.54, 1.807) is 11.3 Å². The number of aryl methyl sites for hydroxylation is 1. The van der Waals surface area contributed by atoms with Crippen LogP contribution in [0, 0.1) is 6.92 Å². The topological polar surface area (TPSA) is 37.8 Å². The zero-order chi connectivity index (χ0) is 11.9. The number of rotatable bonds is 1. The van der Waals surface area contributed by atoms with Crippen molar-refractivity contribution in [2.24, 2.45) is 0 Å². The van der Waals surface area contributed by atoms with Crippen LogP contribution in [-0.2, 0) is 0 Å². The summed E-state index contributed by atoms with van der Waals surface area (Å²) >= 11 is 7.54. The van der Waals surface area contributed by atoms with Crippen molar-refractivity contribution < 1.29 is 0 Å². The van der Waals surface area contributed by atoms with Crippen LogP contribution in [-0.4, -0.2) is 15.5 Å². The van der Waals surface area contributed by atoms with Crippen LogP contribution in [0.15, 0.2) is 6.07 Å². The van der Waals surface area contributed by atoms with E-state index in [0.717, 1.165) is 16.0 Å². The summed E-state index contributed by atoms with van der Waals surface area (Å²) < 4.78 is 0. The number of fused-ring (bicyclic) bond motifs is 1. The summed E-state index contributed by atoms with van der Waals surface area (Å²) in [5, 5.41) is 4.69. The molecule has 0 atom stereocenters. The van der Waals surface area contributed by atoms with Gasteiger partial charge in [-0.1, -0.05) is 0 Å². The van der Waals surface area contributed by atoms with Crippen molar-refractivity contribution in [1.82, 2.24) is 9.97 Å². The lowest BCUT2D eigenvalue weighted by molar-refractivity contribution is 0.631. The van der Waals surface area contributed by atoms with Gasteiger partial charge in [0.2, 0.25) is 5.28 Å². The second kappa shape index (κ2) is 3.86. The highest BCUT2D eigenvalue weighted by atomic mass is 35.5. The molecule has 0 aromatic carbocycles. The van der Waals surface area contributed by atoms with Crippen LogP contribution in [0.1, 0.15) is 25.6 Å². The van der Waals surface area contributed by atoms with Gasteiger partial charge in [0.15, 0.2) is 0 Å². The third-order valence-corrected chi connectivity index (χ3v) is 3.10. The Morgan fingerprint density at radius 1 is 1.31 bits per heavy atom. The van der Waals surface area contributed by atoms with Crippen LogP contribution in [0.3, 0.4) is 0 Å². The number of thiophene rings is 1. The molecule has 0 radical (unpaired) electrons. The van der Waals surface area contributed by atoms with E-state index >= 15 is 0 Å². The summed E-state index contributed by atoms with van der Waals surface area (Å²) in [6.45, 7) is 8.33. The number of nitrogens with one attached hydrogen (secondary N) is 1. The van der Waals surface area contributed by atoms with Crippen molar-refractivity contribution in [2.45, 2.75) is 33.2 Å². The maximum atomic E-state index is 5.91. The summed E-state index contributed by atoms with van der Waals surface area (Å²) in [6.07, 6.45) is 0. The van der Waals surface area contributed by atoms with Crippen molar-refractivity contribution >= 4 is 39.0 Å². The van der Waals surface area contributed by atoms with Gasteiger partial charge in [0, 0.05) is 10.4 Å². The molecule has 16 heavy (non-hydrogen) atoms. The van der Waals surface area contributed by atoms with E-state index in [1.165, 1.54) is 4.88 Å². The number of hydrogen-bond donors (Lipinski definition) is 1. The maximum absolute atomic E-state index is 5.91. The first-order valence-corrected chi connectivity index (χ1v) is 6.26. The van der Waals surface area contributed by atoms with Crippen LogP contribution in [0.25, 0.3) is 10.2 Å². The predicted molar refractivity (Wildman–Crippen MR) is 70.5 cm³/mol. The molecular formula is C11H14ClN3S. The summed E-state index contributed by atoms with van der Waals surface area (Å²) in [7, 11) is 0. The van der Waals surface area contributed by atoms with Crippen molar-refractivity contribution in [3.05, 3.63) is 16.2 Å². The number of anilines is 1. The molecule has 0 aliphatic rings. The molecule has 0 amide bonds. The summed E-state index contributed by atoms with van der Waals surface area (Å²) in [5.41, 5.74) is -0.0412. The second-order valence-corrected chi connectivity index (χ2v) is 6.36. The number of nitrogens with zero attached hydrogens (tertiary/aromatic N) is 2. The normalized spacial score (nSPS) is 12.1. The van der Waals surface area contributed by atoms with E-state index in [0.29, 0.717) is 5.28 Å². The molecule has 0 saturated heterocycles. The van der Waals surface area contributed by atoms with Crippen molar-refractivity contribution in [1.29, 1.82) is 0 Å². The molecule has 0 saturated carbocycles. The third kappa shape index (κ3) is 2.44. The van der Waals surface area contributed by atoms with Gasteiger partial charge in [-0.25, -0.2) is 9.97 Å². The molecular weight excluding hydrogens is 242 g/mol. The fourth-order valence-corrected chi connectivity index (χ4v) is 2.56. The summed E-state index contributed by atoms with van der Waals surface area (Å²) in [5.74, 6) is 0.812. The number of aromatic nitrogens is 2. The molecule has 0 spiro atoms. The van der Waals surface area contributed by atoms with Crippen LogP contribution in [0.2, 0.25) is 5.28 Å². The molecule has 5 heteroatoms.